The van der Waals surface area contributed by atoms with Crippen LogP contribution in [0.5, 0.6) is 0 Å². The Labute approximate surface area is 127 Å². The minimum Gasteiger partial charge on any atom is -0.373 e. The fraction of sp³-hybridized carbons (Fsp3) is 0.562. The Morgan fingerprint density at radius 3 is 2.65 bits per heavy atom. The number of nitriles is 1. The zero-order chi connectivity index (χ0) is 15.1. The van der Waals surface area contributed by atoms with E-state index in [1.807, 2.05) is 20.0 Å². The number of rotatable bonds is 7. The maximum absolute atomic E-state index is 8.87. The van der Waals surface area contributed by atoms with Crippen molar-refractivity contribution < 1.29 is 0 Å². The van der Waals surface area contributed by atoms with Crippen molar-refractivity contribution in [2.45, 2.75) is 33.2 Å². The molecule has 0 aromatic heterocycles. The first-order chi connectivity index (χ1) is 9.49. The number of anilines is 1. The number of hydrogen-bond acceptors (Lipinski definition) is 3. The van der Waals surface area contributed by atoms with Crippen molar-refractivity contribution in [3.63, 3.8) is 0 Å². The van der Waals surface area contributed by atoms with E-state index in [9.17, 15) is 0 Å². The third-order valence-electron chi connectivity index (χ3n) is 3.36. The molecule has 0 aliphatic carbocycles. The van der Waals surface area contributed by atoms with Crippen LogP contribution in [-0.2, 0) is 0 Å². The van der Waals surface area contributed by atoms with Crippen LogP contribution in [0.25, 0.3) is 0 Å². The summed E-state index contributed by atoms with van der Waals surface area (Å²) in [4.78, 5) is 2.06. The molecule has 2 unspecified atom stereocenters. The van der Waals surface area contributed by atoms with Crippen molar-refractivity contribution in [1.82, 2.24) is 5.32 Å². The van der Waals surface area contributed by atoms with Gasteiger partial charge in [-0.05, 0) is 44.5 Å². The molecule has 0 fully saturated rings. The molecule has 1 N–H and O–H groups in total. The highest BCUT2D eigenvalue weighted by molar-refractivity contribution is 6.31. The molecule has 0 saturated carbocycles. The van der Waals surface area contributed by atoms with Gasteiger partial charge in [-0.25, -0.2) is 0 Å². The van der Waals surface area contributed by atoms with Gasteiger partial charge in [0, 0.05) is 30.3 Å². The van der Waals surface area contributed by atoms with Crippen LogP contribution in [0, 0.1) is 17.2 Å². The van der Waals surface area contributed by atoms with Crippen LogP contribution in [-0.4, -0.2) is 20.1 Å². The number of nitrogens with one attached hydrogen (secondary N) is 1. The fourth-order valence-corrected chi connectivity index (χ4v) is 2.47. The Bertz CT molecular complexity index is 467. The van der Waals surface area contributed by atoms with Crippen LogP contribution in [0.3, 0.4) is 0 Å². The summed E-state index contributed by atoms with van der Waals surface area (Å²) in [7, 11) is 1.98. The van der Waals surface area contributed by atoms with Crippen LogP contribution < -0.4 is 10.2 Å². The molecule has 0 heterocycles. The third kappa shape index (κ3) is 4.70. The molecule has 0 aliphatic heterocycles. The lowest BCUT2D eigenvalue weighted by atomic mass is 10.1. The monoisotopic (exact) mass is 293 g/mol. The molecule has 2 atom stereocenters. The van der Waals surface area contributed by atoms with Crippen molar-refractivity contribution in [2.75, 3.05) is 25.0 Å². The number of halogens is 1. The lowest BCUT2D eigenvalue weighted by molar-refractivity contribution is 0.571. The second kappa shape index (κ2) is 8.14. The highest BCUT2D eigenvalue weighted by Crippen LogP contribution is 2.27. The Kier molecular flexibility index (Phi) is 6.84. The van der Waals surface area contributed by atoms with E-state index in [0.29, 0.717) is 6.54 Å². The Balaban J connectivity index is 2.79. The molecular weight excluding hydrogens is 270 g/mol. The fourth-order valence-electron chi connectivity index (χ4n) is 2.13. The van der Waals surface area contributed by atoms with Crippen LogP contribution in [0.2, 0.25) is 5.02 Å². The largest absolute Gasteiger partial charge is 0.373 e. The zero-order valence-corrected chi connectivity index (χ0v) is 13.5. The number of hydrogen-bond donors (Lipinski definition) is 1. The van der Waals surface area contributed by atoms with E-state index in [1.54, 1.807) is 0 Å². The molecule has 0 aliphatic rings. The molecule has 0 bridgehead atoms. The molecule has 20 heavy (non-hydrogen) atoms. The van der Waals surface area contributed by atoms with Gasteiger partial charge >= 0.3 is 0 Å². The van der Waals surface area contributed by atoms with Gasteiger partial charge in [0.1, 0.15) is 0 Å². The molecule has 0 saturated heterocycles. The van der Waals surface area contributed by atoms with Gasteiger partial charge in [-0.2, -0.15) is 5.26 Å². The van der Waals surface area contributed by atoms with Gasteiger partial charge in [0.05, 0.1) is 12.0 Å². The number of benzene rings is 1. The molecule has 0 spiro atoms. The molecule has 4 heteroatoms. The average Bonchev–Trinajstić information content (AvgIpc) is 2.44. The first-order valence-corrected chi connectivity index (χ1v) is 7.51. The standard InChI is InChI=1S/C16H24ClN3/c1-5-8-19-13(3)15-7-6-14(9-16(15)17)20(4)11-12(2)10-18/h6-7,9,12-13,19H,5,8,11H2,1-4H3. The summed E-state index contributed by atoms with van der Waals surface area (Å²) >= 11 is 6.39. The van der Waals surface area contributed by atoms with Crippen molar-refractivity contribution in [1.29, 1.82) is 5.26 Å². The topological polar surface area (TPSA) is 39.1 Å². The summed E-state index contributed by atoms with van der Waals surface area (Å²) in [5.74, 6) is 0.00333. The van der Waals surface area contributed by atoms with Crippen molar-refractivity contribution in [2.24, 2.45) is 5.92 Å². The van der Waals surface area contributed by atoms with Gasteiger partial charge in [0.2, 0.25) is 0 Å². The molecule has 1 aromatic rings. The highest BCUT2D eigenvalue weighted by atomic mass is 35.5. The Hall–Kier alpha value is -1.24. The van der Waals surface area contributed by atoms with E-state index in [2.05, 4.69) is 42.3 Å². The minimum atomic E-state index is 0.00333. The maximum atomic E-state index is 8.87. The van der Waals surface area contributed by atoms with Gasteiger partial charge in [-0.1, -0.05) is 24.6 Å². The van der Waals surface area contributed by atoms with E-state index >= 15 is 0 Å². The molecule has 1 rings (SSSR count). The van der Waals surface area contributed by atoms with E-state index in [4.69, 9.17) is 16.9 Å². The summed E-state index contributed by atoms with van der Waals surface area (Å²) in [6.07, 6.45) is 1.11. The normalized spacial score (nSPS) is 13.6. The average molecular weight is 294 g/mol. The van der Waals surface area contributed by atoms with E-state index in [-0.39, 0.29) is 12.0 Å². The van der Waals surface area contributed by atoms with E-state index < -0.39 is 0 Å². The summed E-state index contributed by atoms with van der Waals surface area (Å²) in [6.45, 7) is 7.88. The minimum absolute atomic E-state index is 0.00333. The van der Waals surface area contributed by atoms with E-state index in [0.717, 1.165) is 29.2 Å². The molecule has 0 amide bonds. The second-order valence-corrected chi connectivity index (χ2v) is 5.70. The van der Waals surface area contributed by atoms with Gasteiger partial charge < -0.3 is 10.2 Å². The predicted molar refractivity (Wildman–Crippen MR) is 86.2 cm³/mol. The molecule has 0 radical (unpaired) electrons. The first kappa shape index (κ1) is 16.8. The molecule has 3 nitrogen and oxygen atoms in total. The van der Waals surface area contributed by atoms with Gasteiger partial charge in [-0.15, -0.1) is 0 Å². The summed E-state index contributed by atoms with van der Waals surface area (Å²) in [5.41, 5.74) is 2.16. The molecule has 110 valence electrons. The van der Waals surface area contributed by atoms with Crippen molar-refractivity contribution in [3.05, 3.63) is 28.8 Å². The van der Waals surface area contributed by atoms with Crippen LogP contribution in [0.1, 0.15) is 38.8 Å². The van der Waals surface area contributed by atoms with Crippen LogP contribution >= 0.6 is 11.6 Å². The first-order valence-electron chi connectivity index (χ1n) is 7.13. The Morgan fingerprint density at radius 2 is 2.10 bits per heavy atom. The molecule has 1 aromatic carbocycles. The predicted octanol–water partition coefficient (Wildman–Crippen LogP) is 4.00. The Morgan fingerprint density at radius 1 is 1.40 bits per heavy atom. The smallest absolute Gasteiger partial charge is 0.0671 e. The van der Waals surface area contributed by atoms with Crippen LogP contribution in [0.15, 0.2) is 18.2 Å². The maximum Gasteiger partial charge on any atom is 0.0671 e. The lowest BCUT2D eigenvalue weighted by Crippen LogP contribution is -2.23. The quantitative estimate of drug-likeness (QED) is 0.826. The lowest BCUT2D eigenvalue weighted by Gasteiger charge is -2.22. The SMILES string of the molecule is CCCNC(C)c1ccc(N(C)CC(C)C#N)cc1Cl. The van der Waals surface area contributed by atoms with E-state index in [1.165, 1.54) is 0 Å². The second-order valence-electron chi connectivity index (χ2n) is 5.29. The third-order valence-corrected chi connectivity index (χ3v) is 3.69. The summed E-state index contributed by atoms with van der Waals surface area (Å²) in [6, 6.07) is 8.61. The highest BCUT2D eigenvalue weighted by Gasteiger charge is 2.12. The number of nitrogens with zero attached hydrogens (tertiary/aromatic N) is 2. The summed E-state index contributed by atoms with van der Waals surface area (Å²) < 4.78 is 0. The van der Waals surface area contributed by atoms with Gasteiger partial charge in [-0.3, -0.25) is 0 Å². The van der Waals surface area contributed by atoms with Crippen molar-refractivity contribution in [3.8, 4) is 6.07 Å². The van der Waals surface area contributed by atoms with Gasteiger partial charge in [0.25, 0.3) is 0 Å². The molecular formula is C16H24ClN3. The zero-order valence-electron chi connectivity index (χ0n) is 12.8. The van der Waals surface area contributed by atoms with Crippen LogP contribution in [0.4, 0.5) is 5.69 Å². The van der Waals surface area contributed by atoms with Gasteiger partial charge in [0.15, 0.2) is 0 Å². The summed E-state index contributed by atoms with van der Waals surface area (Å²) in [5, 5.41) is 13.1. The van der Waals surface area contributed by atoms with Crippen molar-refractivity contribution >= 4 is 17.3 Å².